The number of thiophene rings is 1. The molecular formula is C13H22N2O2S. The number of aliphatic hydroxyl groups excluding tert-OH is 1. The van der Waals surface area contributed by atoms with Crippen LogP contribution in [-0.2, 0) is 11.3 Å². The summed E-state index contributed by atoms with van der Waals surface area (Å²) in [5.41, 5.74) is 1.16. The molecule has 0 bridgehead atoms. The second kappa shape index (κ2) is 7.51. The van der Waals surface area contributed by atoms with Crippen LogP contribution in [-0.4, -0.2) is 53.6 Å². The molecule has 1 amide bonds. The van der Waals surface area contributed by atoms with Crippen molar-refractivity contribution in [3.8, 4) is 0 Å². The van der Waals surface area contributed by atoms with Crippen molar-refractivity contribution in [2.75, 3.05) is 26.7 Å². The van der Waals surface area contributed by atoms with Crippen LogP contribution < -0.4 is 0 Å². The van der Waals surface area contributed by atoms with Gasteiger partial charge in [-0.25, -0.2) is 0 Å². The maximum absolute atomic E-state index is 12.1. The molecule has 0 spiro atoms. The quantitative estimate of drug-likeness (QED) is 0.814. The summed E-state index contributed by atoms with van der Waals surface area (Å²) >= 11 is 1.64. The largest absolute Gasteiger partial charge is 0.395 e. The normalized spacial score (nSPS) is 11.2. The summed E-state index contributed by atoms with van der Waals surface area (Å²) in [6.07, 6.45) is 0. The molecule has 0 aromatic carbocycles. The second-order valence-electron chi connectivity index (χ2n) is 4.67. The van der Waals surface area contributed by atoms with Crippen molar-refractivity contribution in [3.05, 3.63) is 22.4 Å². The summed E-state index contributed by atoms with van der Waals surface area (Å²) in [6.45, 7) is 5.69. The van der Waals surface area contributed by atoms with Gasteiger partial charge in [-0.3, -0.25) is 9.69 Å². The third-order valence-electron chi connectivity index (χ3n) is 2.88. The zero-order valence-electron chi connectivity index (χ0n) is 11.3. The smallest absolute Gasteiger partial charge is 0.236 e. The molecule has 5 heteroatoms. The van der Waals surface area contributed by atoms with E-state index in [1.54, 1.807) is 16.2 Å². The van der Waals surface area contributed by atoms with E-state index in [-0.39, 0.29) is 18.6 Å². The maximum Gasteiger partial charge on any atom is 0.236 e. The zero-order chi connectivity index (χ0) is 13.5. The van der Waals surface area contributed by atoms with Gasteiger partial charge < -0.3 is 10.0 Å². The Labute approximate surface area is 113 Å². The number of nitrogens with zero attached hydrogens (tertiary/aromatic N) is 2. The van der Waals surface area contributed by atoms with Gasteiger partial charge in [0.05, 0.1) is 13.2 Å². The topological polar surface area (TPSA) is 43.8 Å². The summed E-state index contributed by atoms with van der Waals surface area (Å²) < 4.78 is 0. The minimum absolute atomic E-state index is 0.0830. The molecule has 0 unspecified atom stereocenters. The Hall–Kier alpha value is -0.910. The lowest BCUT2D eigenvalue weighted by molar-refractivity contribution is -0.132. The Morgan fingerprint density at radius 1 is 1.50 bits per heavy atom. The van der Waals surface area contributed by atoms with Crippen LogP contribution in [0.25, 0.3) is 0 Å². The standard InChI is InChI=1S/C13H22N2O2S/c1-11(2)15(5-6-16)9-13(17)14(3)8-12-4-7-18-10-12/h4,7,10-11,16H,5-6,8-9H2,1-3H3. The van der Waals surface area contributed by atoms with E-state index in [2.05, 4.69) is 5.38 Å². The van der Waals surface area contributed by atoms with Crippen LogP contribution in [0.15, 0.2) is 16.8 Å². The number of aliphatic hydroxyl groups is 1. The van der Waals surface area contributed by atoms with E-state index >= 15 is 0 Å². The van der Waals surface area contributed by atoms with Gasteiger partial charge in [0.25, 0.3) is 0 Å². The fourth-order valence-electron chi connectivity index (χ4n) is 1.69. The highest BCUT2D eigenvalue weighted by Gasteiger charge is 2.16. The van der Waals surface area contributed by atoms with Crippen molar-refractivity contribution in [2.45, 2.75) is 26.4 Å². The van der Waals surface area contributed by atoms with E-state index in [9.17, 15) is 4.79 Å². The lowest BCUT2D eigenvalue weighted by Crippen LogP contribution is -2.42. The van der Waals surface area contributed by atoms with E-state index in [1.807, 2.05) is 37.2 Å². The average molecular weight is 270 g/mol. The van der Waals surface area contributed by atoms with Crippen molar-refractivity contribution in [1.82, 2.24) is 9.80 Å². The highest BCUT2D eigenvalue weighted by atomic mass is 32.1. The minimum atomic E-state index is 0.0830. The first kappa shape index (κ1) is 15.1. The molecule has 1 N–H and O–H groups in total. The first-order chi connectivity index (χ1) is 8.54. The van der Waals surface area contributed by atoms with Gasteiger partial charge in [0.1, 0.15) is 0 Å². The van der Waals surface area contributed by atoms with Crippen molar-refractivity contribution in [1.29, 1.82) is 0 Å². The second-order valence-corrected chi connectivity index (χ2v) is 5.45. The molecule has 0 saturated carbocycles. The molecule has 4 nitrogen and oxygen atoms in total. The van der Waals surface area contributed by atoms with Gasteiger partial charge in [0.2, 0.25) is 5.91 Å². The molecule has 0 aliphatic carbocycles. The monoisotopic (exact) mass is 270 g/mol. The Bertz CT molecular complexity index is 352. The predicted molar refractivity (Wildman–Crippen MR) is 74.6 cm³/mol. The van der Waals surface area contributed by atoms with Gasteiger partial charge in [0, 0.05) is 26.2 Å². The summed E-state index contributed by atoms with van der Waals surface area (Å²) in [4.78, 5) is 15.8. The molecular weight excluding hydrogens is 248 g/mol. The van der Waals surface area contributed by atoms with Crippen molar-refractivity contribution >= 4 is 17.2 Å². The Balaban J connectivity index is 2.47. The van der Waals surface area contributed by atoms with Crippen molar-refractivity contribution in [3.63, 3.8) is 0 Å². The molecule has 18 heavy (non-hydrogen) atoms. The van der Waals surface area contributed by atoms with E-state index in [1.165, 1.54) is 0 Å². The Kier molecular flexibility index (Phi) is 6.32. The van der Waals surface area contributed by atoms with Crippen LogP contribution in [0.5, 0.6) is 0 Å². The number of amides is 1. The number of likely N-dealkylation sites (N-methyl/N-ethyl adjacent to an activating group) is 1. The van der Waals surface area contributed by atoms with Crippen LogP contribution in [0, 0.1) is 0 Å². The fraction of sp³-hybridized carbons (Fsp3) is 0.615. The summed E-state index contributed by atoms with van der Waals surface area (Å²) in [5, 5.41) is 13.0. The Morgan fingerprint density at radius 2 is 2.22 bits per heavy atom. The first-order valence-corrected chi connectivity index (χ1v) is 7.08. The van der Waals surface area contributed by atoms with E-state index in [0.717, 1.165) is 5.56 Å². The average Bonchev–Trinajstić information content (AvgIpc) is 2.80. The van der Waals surface area contributed by atoms with E-state index < -0.39 is 0 Å². The molecule has 0 aliphatic rings. The highest BCUT2D eigenvalue weighted by molar-refractivity contribution is 7.07. The highest BCUT2D eigenvalue weighted by Crippen LogP contribution is 2.09. The lowest BCUT2D eigenvalue weighted by Gasteiger charge is -2.27. The number of carbonyl (C=O) groups excluding carboxylic acids is 1. The molecule has 0 saturated heterocycles. The maximum atomic E-state index is 12.1. The number of rotatable bonds is 7. The van der Waals surface area contributed by atoms with Crippen LogP contribution in [0.4, 0.5) is 0 Å². The van der Waals surface area contributed by atoms with Gasteiger partial charge in [-0.05, 0) is 36.2 Å². The molecule has 0 atom stereocenters. The fourth-order valence-corrected chi connectivity index (χ4v) is 2.35. The molecule has 0 radical (unpaired) electrons. The first-order valence-electron chi connectivity index (χ1n) is 6.14. The zero-order valence-corrected chi connectivity index (χ0v) is 12.1. The van der Waals surface area contributed by atoms with Gasteiger partial charge in [-0.15, -0.1) is 0 Å². The summed E-state index contributed by atoms with van der Waals surface area (Å²) in [5.74, 6) is 0.0864. The van der Waals surface area contributed by atoms with E-state index in [4.69, 9.17) is 5.11 Å². The molecule has 102 valence electrons. The molecule has 0 aliphatic heterocycles. The molecule has 1 aromatic heterocycles. The summed E-state index contributed by atoms with van der Waals surface area (Å²) in [7, 11) is 1.82. The minimum Gasteiger partial charge on any atom is -0.395 e. The number of hydrogen-bond acceptors (Lipinski definition) is 4. The van der Waals surface area contributed by atoms with Gasteiger partial charge >= 0.3 is 0 Å². The molecule has 1 aromatic rings. The number of hydrogen-bond donors (Lipinski definition) is 1. The molecule has 1 rings (SSSR count). The molecule has 0 fully saturated rings. The summed E-state index contributed by atoms with van der Waals surface area (Å²) in [6, 6.07) is 2.29. The van der Waals surface area contributed by atoms with E-state index in [0.29, 0.717) is 19.6 Å². The van der Waals surface area contributed by atoms with Crippen LogP contribution >= 0.6 is 11.3 Å². The van der Waals surface area contributed by atoms with Gasteiger partial charge in [-0.1, -0.05) is 0 Å². The van der Waals surface area contributed by atoms with Crippen molar-refractivity contribution < 1.29 is 9.90 Å². The Morgan fingerprint density at radius 3 is 2.72 bits per heavy atom. The van der Waals surface area contributed by atoms with Gasteiger partial charge in [0.15, 0.2) is 0 Å². The lowest BCUT2D eigenvalue weighted by atomic mass is 10.3. The third-order valence-corrected chi connectivity index (χ3v) is 3.61. The van der Waals surface area contributed by atoms with Crippen LogP contribution in [0.1, 0.15) is 19.4 Å². The van der Waals surface area contributed by atoms with Gasteiger partial charge in [-0.2, -0.15) is 11.3 Å². The third kappa shape index (κ3) is 4.76. The molecule has 1 heterocycles. The predicted octanol–water partition coefficient (Wildman–Crippen LogP) is 1.41. The van der Waals surface area contributed by atoms with Crippen LogP contribution in [0.3, 0.4) is 0 Å². The van der Waals surface area contributed by atoms with Crippen molar-refractivity contribution in [2.24, 2.45) is 0 Å². The SMILES string of the molecule is CC(C)N(CCO)CC(=O)N(C)Cc1ccsc1. The van der Waals surface area contributed by atoms with Crippen LogP contribution in [0.2, 0.25) is 0 Å². The number of carbonyl (C=O) groups is 1.